The van der Waals surface area contributed by atoms with E-state index >= 15 is 0 Å². The molecule has 0 aromatic heterocycles. The molecule has 1 aliphatic carbocycles. The summed E-state index contributed by atoms with van der Waals surface area (Å²) in [4.78, 5) is 0. The summed E-state index contributed by atoms with van der Waals surface area (Å²) in [7, 11) is 0. The lowest BCUT2D eigenvalue weighted by Gasteiger charge is -2.40. The lowest BCUT2D eigenvalue weighted by molar-refractivity contribution is -0.123. The van der Waals surface area contributed by atoms with Gasteiger partial charge in [-0.25, -0.2) is 8.78 Å². The van der Waals surface area contributed by atoms with Gasteiger partial charge in [0.25, 0.3) is 5.92 Å². The molecule has 1 atom stereocenters. The molecule has 1 saturated carbocycles. The van der Waals surface area contributed by atoms with Crippen molar-refractivity contribution in [1.29, 1.82) is 0 Å². The van der Waals surface area contributed by atoms with Crippen molar-refractivity contribution in [2.45, 2.75) is 52.4 Å². The molecule has 0 aromatic carbocycles. The molecule has 72 valence electrons. The molecular weight excluding hydrogens is 158 g/mol. The van der Waals surface area contributed by atoms with Crippen LogP contribution in [-0.4, -0.2) is 5.92 Å². The Kier molecular flexibility index (Phi) is 2.46. The van der Waals surface area contributed by atoms with Crippen molar-refractivity contribution >= 4 is 0 Å². The minimum absolute atomic E-state index is 0.0922. The van der Waals surface area contributed by atoms with Crippen LogP contribution in [0.5, 0.6) is 0 Å². The summed E-state index contributed by atoms with van der Waals surface area (Å²) in [6, 6.07) is 0. The molecule has 0 heterocycles. The van der Waals surface area contributed by atoms with Gasteiger partial charge in [0.05, 0.1) is 0 Å². The van der Waals surface area contributed by atoms with E-state index in [1.54, 1.807) is 0 Å². The number of alkyl halides is 2. The number of hydrogen-bond acceptors (Lipinski definition) is 0. The maximum Gasteiger partial charge on any atom is 0.251 e. The fraction of sp³-hybridized carbons (Fsp3) is 1.00. The van der Waals surface area contributed by atoms with Crippen molar-refractivity contribution in [1.82, 2.24) is 0 Å². The highest BCUT2D eigenvalue weighted by atomic mass is 19.3. The molecule has 0 spiro atoms. The lowest BCUT2D eigenvalue weighted by atomic mass is 9.70. The molecule has 0 nitrogen and oxygen atoms in total. The molecule has 0 N–H and O–H groups in total. The average molecular weight is 176 g/mol. The van der Waals surface area contributed by atoms with Crippen LogP contribution >= 0.6 is 0 Å². The van der Waals surface area contributed by atoms with E-state index in [1.807, 2.05) is 20.8 Å². The third-order valence-electron chi connectivity index (χ3n) is 2.81. The van der Waals surface area contributed by atoms with Crippen LogP contribution in [0.2, 0.25) is 0 Å². The third-order valence-corrected chi connectivity index (χ3v) is 2.81. The summed E-state index contributed by atoms with van der Waals surface area (Å²) >= 11 is 0. The van der Waals surface area contributed by atoms with Gasteiger partial charge in [0.15, 0.2) is 0 Å². The van der Waals surface area contributed by atoms with Crippen LogP contribution in [0.1, 0.15) is 46.5 Å². The highest BCUT2D eigenvalue weighted by Gasteiger charge is 2.46. The second kappa shape index (κ2) is 2.97. The molecule has 1 fully saturated rings. The van der Waals surface area contributed by atoms with E-state index in [4.69, 9.17) is 0 Å². The first-order valence-corrected chi connectivity index (χ1v) is 4.72. The van der Waals surface area contributed by atoms with Crippen LogP contribution in [0.15, 0.2) is 0 Å². The Hall–Kier alpha value is -0.140. The average Bonchev–Trinajstić information content (AvgIpc) is 1.83. The van der Waals surface area contributed by atoms with Crippen molar-refractivity contribution in [2.24, 2.45) is 11.3 Å². The second-order valence-corrected chi connectivity index (χ2v) is 4.93. The standard InChI is InChI=1S/C10H18F2/c1-9(2,3)8-6-4-5-7-10(8,11)12/h8H,4-7H2,1-3H3/t8-/m1/s1. The summed E-state index contributed by atoms with van der Waals surface area (Å²) in [6.45, 7) is 5.74. The lowest BCUT2D eigenvalue weighted by Crippen LogP contribution is -2.40. The van der Waals surface area contributed by atoms with Gasteiger partial charge in [-0.3, -0.25) is 0 Å². The molecular formula is C10H18F2. The van der Waals surface area contributed by atoms with Crippen molar-refractivity contribution < 1.29 is 8.78 Å². The Labute approximate surface area is 73.3 Å². The zero-order valence-electron chi connectivity index (χ0n) is 8.16. The van der Waals surface area contributed by atoms with E-state index in [1.165, 1.54) is 0 Å². The fourth-order valence-electron chi connectivity index (χ4n) is 2.16. The summed E-state index contributed by atoms with van der Waals surface area (Å²) < 4.78 is 26.7. The summed E-state index contributed by atoms with van der Waals surface area (Å²) in [5, 5.41) is 0. The zero-order valence-corrected chi connectivity index (χ0v) is 8.16. The first-order valence-electron chi connectivity index (χ1n) is 4.72. The maximum absolute atomic E-state index is 13.4. The van der Waals surface area contributed by atoms with Crippen molar-refractivity contribution in [3.05, 3.63) is 0 Å². The molecule has 0 aliphatic heterocycles. The Bertz CT molecular complexity index is 156. The van der Waals surface area contributed by atoms with Crippen molar-refractivity contribution in [3.63, 3.8) is 0 Å². The Morgan fingerprint density at radius 2 is 1.75 bits per heavy atom. The molecule has 1 aliphatic rings. The van der Waals surface area contributed by atoms with Gasteiger partial charge < -0.3 is 0 Å². The second-order valence-electron chi connectivity index (χ2n) is 4.93. The topological polar surface area (TPSA) is 0 Å². The molecule has 0 bridgehead atoms. The highest BCUT2D eigenvalue weighted by Crippen LogP contribution is 2.47. The van der Waals surface area contributed by atoms with E-state index in [-0.39, 0.29) is 11.8 Å². The van der Waals surface area contributed by atoms with Gasteiger partial charge in [-0.1, -0.05) is 27.2 Å². The molecule has 12 heavy (non-hydrogen) atoms. The summed E-state index contributed by atoms with van der Waals surface area (Å²) in [6.07, 6.45) is 2.45. The van der Waals surface area contributed by atoms with Gasteiger partial charge in [0.1, 0.15) is 0 Å². The van der Waals surface area contributed by atoms with E-state index in [2.05, 4.69) is 0 Å². The molecule has 1 rings (SSSR count). The molecule has 0 radical (unpaired) electrons. The number of halogens is 2. The van der Waals surface area contributed by atoms with Crippen LogP contribution in [-0.2, 0) is 0 Å². The van der Waals surface area contributed by atoms with Crippen molar-refractivity contribution in [3.8, 4) is 0 Å². The molecule has 0 unspecified atom stereocenters. The van der Waals surface area contributed by atoms with Crippen LogP contribution in [0.25, 0.3) is 0 Å². The van der Waals surface area contributed by atoms with Gasteiger partial charge in [0, 0.05) is 12.3 Å². The van der Waals surface area contributed by atoms with E-state index in [9.17, 15) is 8.78 Å². The summed E-state index contributed by atoms with van der Waals surface area (Å²) in [5.41, 5.74) is -0.246. The SMILES string of the molecule is CC(C)(C)[C@H]1CCCCC1(F)F. The first kappa shape index (κ1) is 9.94. The molecule has 0 amide bonds. The van der Waals surface area contributed by atoms with Gasteiger partial charge in [-0.15, -0.1) is 0 Å². The molecule has 2 heteroatoms. The highest BCUT2D eigenvalue weighted by molar-refractivity contribution is 4.88. The number of rotatable bonds is 0. The predicted octanol–water partition coefficient (Wildman–Crippen LogP) is 3.86. The Morgan fingerprint density at radius 3 is 2.08 bits per heavy atom. The van der Waals surface area contributed by atoms with Gasteiger partial charge >= 0.3 is 0 Å². The van der Waals surface area contributed by atoms with Gasteiger partial charge in [-0.2, -0.15) is 0 Å². The van der Waals surface area contributed by atoms with Crippen LogP contribution in [0, 0.1) is 11.3 Å². The largest absolute Gasteiger partial charge is 0.251 e. The Balaban J connectivity index is 2.73. The van der Waals surface area contributed by atoms with Crippen LogP contribution < -0.4 is 0 Å². The monoisotopic (exact) mass is 176 g/mol. The van der Waals surface area contributed by atoms with E-state index in [0.717, 1.165) is 6.42 Å². The van der Waals surface area contributed by atoms with E-state index in [0.29, 0.717) is 12.8 Å². The van der Waals surface area contributed by atoms with Gasteiger partial charge in [0.2, 0.25) is 0 Å². The number of hydrogen-bond donors (Lipinski definition) is 0. The minimum atomic E-state index is -2.42. The van der Waals surface area contributed by atoms with Crippen molar-refractivity contribution in [2.75, 3.05) is 0 Å². The maximum atomic E-state index is 13.4. The van der Waals surface area contributed by atoms with E-state index < -0.39 is 11.8 Å². The molecule has 0 saturated heterocycles. The Morgan fingerprint density at radius 1 is 1.17 bits per heavy atom. The van der Waals surface area contributed by atoms with Crippen LogP contribution in [0.3, 0.4) is 0 Å². The zero-order chi connectivity index (χ0) is 9.41. The summed E-state index contributed by atoms with van der Waals surface area (Å²) in [5.74, 6) is -2.84. The quantitative estimate of drug-likeness (QED) is 0.525. The van der Waals surface area contributed by atoms with Crippen LogP contribution in [0.4, 0.5) is 8.78 Å². The first-order chi connectivity index (χ1) is 5.34. The predicted molar refractivity (Wildman–Crippen MR) is 46.4 cm³/mol. The van der Waals surface area contributed by atoms with Gasteiger partial charge in [-0.05, 0) is 18.3 Å². The third kappa shape index (κ3) is 1.96. The normalized spacial score (nSPS) is 30.2. The fourth-order valence-corrected chi connectivity index (χ4v) is 2.16. The minimum Gasteiger partial charge on any atom is -0.207 e. The smallest absolute Gasteiger partial charge is 0.207 e. The molecule has 0 aromatic rings.